The van der Waals surface area contributed by atoms with Crippen molar-refractivity contribution in [2.24, 2.45) is 0 Å². The summed E-state index contributed by atoms with van der Waals surface area (Å²) in [5, 5.41) is 0. The summed E-state index contributed by atoms with van der Waals surface area (Å²) in [7, 11) is 0. The zero-order chi connectivity index (χ0) is 2.00. The zero-order valence-corrected chi connectivity index (χ0v) is 5.89. The molecule has 2 radical (unpaired) electrons. The average Bonchev–Trinajstić information content (AvgIpc) is 1.00. The summed E-state index contributed by atoms with van der Waals surface area (Å²) in [4.78, 5) is 0. The van der Waals surface area contributed by atoms with Crippen molar-refractivity contribution in [3.63, 3.8) is 0 Å². The van der Waals surface area contributed by atoms with Gasteiger partial charge in [0.05, 0.1) is 0 Å². The van der Waals surface area contributed by atoms with Gasteiger partial charge in [-0.05, 0) is 0 Å². The van der Waals surface area contributed by atoms with Gasteiger partial charge in [-0.2, -0.15) is 0 Å². The molecular weight excluding hydrogens is 252 g/mol. The Morgan fingerprint density at radius 2 is 1.20 bits per heavy atom. The summed E-state index contributed by atoms with van der Waals surface area (Å²) >= 11 is 2.31. The maximum absolute atomic E-state index is 7.94. The van der Waals surface area contributed by atoms with Gasteiger partial charge in [0.1, 0.15) is 0 Å². The third-order valence-corrected chi connectivity index (χ3v) is 0. The van der Waals surface area contributed by atoms with Crippen molar-refractivity contribution in [3.8, 4) is 0 Å². The molecule has 0 saturated heterocycles. The first kappa shape index (κ1) is 28.9. The standard InChI is InChI=1S/Co.Cu.Mn.Ni.O. The first-order valence-electron chi connectivity index (χ1n) is 0.136. The fourth-order valence-electron chi connectivity index (χ4n) is 0. The van der Waals surface area contributed by atoms with Gasteiger partial charge in [-0.25, -0.2) is 0 Å². The Labute approximate surface area is 69.7 Å². The van der Waals surface area contributed by atoms with Gasteiger partial charge in [-0.15, -0.1) is 0 Å². The van der Waals surface area contributed by atoms with Crippen molar-refractivity contribution in [1.29, 1.82) is 0 Å². The van der Waals surface area contributed by atoms with Crippen LogP contribution in [0.3, 0.4) is 0 Å². The summed E-state index contributed by atoms with van der Waals surface area (Å²) in [5.74, 6) is 0. The van der Waals surface area contributed by atoms with E-state index >= 15 is 0 Å². The van der Waals surface area contributed by atoms with Crippen LogP contribution in [0.2, 0.25) is 0 Å². The molecule has 0 rings (SSSR count). The molecule has 0 unspecified atom stereocenters. The van der Waals surface area contributed by atoms with Crippen LogP contribution in [0.1, 0.15) is 0 Å². The van der Waals surface area contributed by atoms with Gasteiger partial charge >= 0.3 is 19.5 Å². The quantitative estimate of drug-likeness (QED) is 0.549. The van der Waals surface area contributed by atoms with Crippen LogP contribution in [0.15, 0.2) is 0 Å². The molecule has 0 aromatic rings. The second kappa shape index (κ2) is 40.4. The molecule has 0 bridgehead atoms. The molecule has 5 heavy (non-hydrogen) atoms. The van der Waals surface area contributed by atoms with Crippen LogP contribution in [0.5, 0.6) is 0 Å². The van der Waals surface area contributed by atoms with Gasteiger partial charge in [-0.3, -0.25) is 0 Å². The first-order chi connectivity index (χ1) is 1.00. The summed E-state index contributed by atoms with van der Waals surface area (Å²) in [5.41, 5.74) is 0. The van der Waals surface area contributed by atoms with Crippen molar-refractivity contribution in [2.45, 2.75) is 0 Å². The van der Waals surface area contributed by atoms with Crippen molar-refractivity contribution in [3.05, 3.63) is 0 Å². The van der Waals surface area contributed by atoms with Gasteiger partial charge in [0, 0.05) is 50.6 Å². The molecule has 0 aliphatic rings. The summed E-state index contributed by atoms with van der Waals surface area (Å²) in [6.45, 7) is 0. The summed E-state index contributed by atoms with van der Waals surface area (Å²) < 4.78 is 7.94. The van der Waals surface area contributed by atoms with E-state index in [0.29, 0.717) is 0 Å². The molecule has 0 N–H and O–H groups in total. The molecule has 1 nitrogen and oxygen atoms in total. The van der Waals surface area contributed by atoms with Crippen LogP contribution in [0.25, 0.3) is 0 Å². The molecule has 5 heteroatoms. The molecule has 43 valence electrons. The average molecular weight is 252 g/mol. The van der Waals surface area contributed by atoms with Crippen molar-refractivity contribution >= 4 is 0 Å². The van der Waals surface area contributed by atoms with Crippen LogP contribution in [0.4, 0.5) is 0 Å². The van der Waals surface area contributed by atoms with E-state index in [1.165, 1.54) is 0 Å². The molecule has 0 amide bonds. The van der Waals surface area contributed by atoms with E-state index in [2.05, 4.69) is 15.7 Å². The number of rotatable bonds is 0. The normalized spacial score (nSPS) is 1.00. The Morgan fingerprint density at radius 1 is 1.20 bits per heavy atom. The third-order valence-electron chi connectivity index (χ3n) is 0. The Morgan fingerprint density at radius 3 is 1.20 bits per heavy atom. The molecule has 0 aromatic heterocycles. The van der Waals surface area contributed by atoms with E-state index in [1.54, 1.807) is 0 Å². The predicted molar refractivity (Wildman–Crippen MR) is 0.686 cm³/mol. The van der Waals surface area contributed by atoms with Crippen molar-refractivity contribution in [2.75, 3.05) is 0 Å². The molecule has 0 heterocycles. The topological polar surface area (TPSA) is 17.1 Å². The monoisotopic (exact) mass is 251 g/mol. The second-order valence-electron chi connectivity index (χ2n) is 0. The van der Waals surface area contributed by atoms with Gasteiger partial charge in [0.15, 0.2) is 0 Å². The van der Waals surface area contributed by atoms with Crippen LogP contribution < -0.4 is 0 Å². The Balaban J connectivity index is -0.00000000167. The Bertz CT molecular complexity index is 11.6. The van der Waals surface area contributed by atoms with Gasteiger partial charge in [0.2, 0.25) is 0 Å². The fraction of sp³-hybridized carbons (Fsp3) is 0. The Kier molecular flexibility index (Phi) is 234. The second-order valence-corrected chi connectivity index (χ2v) is 0. The number of hydrogen-bond donors (Lipinski definition) is 0. The minimum atomic E-state index is 0. The van der Waals surface area contributed by atoms with E-state index in [9.17, 15) is 0 Å². The third kappa shape index (κ3) is 25.4. The number of hydrogen-bond acceptors (Lipinski definition) is 1. The molecule has 0 saturated carbocycles. The van der Waals surface area contributed by atoms with Gasteiger partial charge in [-0.1, -0.05) is 0 Å². The molecule has 0 spiro atoms. The summed E-state index contributed by atoms with van der Waals surface area (Å²) in [6, 6.07) is 0. The fourth-order valence-corrected chi connectivity index (χ4v) is 0. The van der Waals surface area contributed by atoms with Crippen LogP contribution >= 0.6 is 0 Å². The predicted octanol–water partition coefficient (Wildman–Crippen LogP) is -0.129. The molecule has 0 aromatic carbocycles. The molecule has 0 fully saturated rings. The van der Waals surface area contributed by atoms with Crippen molar-refractivity contribution in [1.82, 2.24) is 0 Å². The zero-order valence-electron chi connectivity index (χ0n) is 1.74. The van der Waals surface area contributed by atoms with Crippen LogP contribution in [0, 0.1) is 0 Å². The molecule has 0 atom stereocenters. The molecular formula is CoCuMnNiO. The maximum atomic E-state index is 7.94. The van der Waals surface area contributed by atoms with E-state index in [0.717, 1.165) is 0 Å². The minimum absolute atomic E-state index is 0. The van der Waals surface area contributed by atoms with E-state index in [-0.39, 0.29) is 50.6 Å². The summed E-state index contributed by atoms with van der Waals surface area (Å²) in [6.07, 6.45) is 0. The van der Waals surface area contributed by atoms with Gasteiger partial charge < -0.3 is 0 Å². The van der Waals surface area contributed by atoms with Crippen molar-refractivity contribution < 1.29 is 70.2 Å². The molecule has 0 aliphatic carbocycles. The van der Waals surface area contributed by atoms with Crippen LogP contribution in [-0.2, 0) is 70.2 Å². The van der Waals surface area contributed by atoms with Gasteiger partial charge in [0.25, 0.3) is 0 Å². The molecule has 0 aliphatic heterocycles. The van der Waals surface area contributed by atoms with E-state index in [1.807, 2.05) is 0 Å². The Hall–Kier alpha value is 1.84. The van der Waals surface area contributed by atoms with E-state index in [4.69, 9.17) is 3.87 Å². The SMILES string of the molecule is [Cu].[Mn].[Ni].[O]=[Co]. The van der Waals surface area contributed by atoms with Crippen LogP contribution in [-0.4, -0.2) is 0 Å². The van der Waals surface area contributed by atoms with E-state index < -0.39 is 0 Å². The first-order valence-corrected chi connectivity index (χ1v) is 0.561.